The number of hydrogen-bond acceptors (Lipinski definition) is 5. The number of para-hydroxylation sites is 1. The molecule has 6 heteroatoms. The van der Waals surface area contributed by atoms with Crippen molar-refractivity contribution in [1.29, 1.82) is 0 Å². The van der Waals surface area contributed by atoms with Crippen LogP contribution in [0.25, 0.3) is 22.5 Å². The number of carbonyl (C=O) groups excluding carboxylic acids is 1. The van der Waals surface area contributed by atoms with E-state index in [1.165, 1.54) is 6.08 Å². The molecule has 3 aromatic carbocycles. The minimum Gasteiger partial charge on any atom is -0.454 e. The number of carbonyl (C=O) groups is 1. The van der Waals surface area contributed by atoms with Gasteiger partial charge in [0.25, 0.3) is 0 Å². The molecule has 0 N–H and O–H groups in total. The lowest BCUT2D eigenvalue weighted by atomic mass is 10.0. The van der Waals surface area contributed by atoms with Crippen LogP contribution in [-0.2, 0) is 16.1 Å². The average molecular weight is 356 g/mol. The third-order valence-electron chi connectivity index (χ3n) is 4.10. The van der Waals surface area contributed by atoms with E-state index in [9.17, 15) is 4.79 Å². The molecule has 0 amide bonds. The Balaban J connectivity index is 1.45. The summed E-state index contributed by atoms with van der Waals surface area (Å²) in [6.45, 7) is -0.0133. The lowest BCUT2D eigenvalue weighted by Crippen LogP contribution is -2.08. The van der Waals surface area contributed by atoms with Gasteiger partial charge < -0.3 is 4.74 Å². The maximum atomic E-state index is 12.1. The van der Waals surface area contributed by atoms with Gasteiger partial charge in [0.15, 0.2) is 12.4 Å². The zero-order chi connectivity index (χ0) is 18.5. The Morgan fingerprint density at radius 2 is 1.74 bits per heavy atom. The van der Waals surface area contributed by atoms with Gasteiger partial charge in [0.1, 0.15) is 0 Å². The van der Waals surface area contributed by atoms with Crippen molar-refractivity contribution < 1.29 is 9.53 Å². The second kappa shape index (κ2) is 7.61. The summed E-state index contributed by atoms with van der Waals surface area (Å²) in [6.07, 6.45) is 3.17. The number of fused-ring (bicyclic) bond motifs is 1. The monoisotopic (exact) mass is 356 g/mol. The molecule has 4 aromatic rings. The van der Waals surface area contributed by atoms with Crippen molar-refractivity contribution in [3.05, 3.63) is 90.3 Å². The summed E-state index contributed by atoms with van der Waals surface area (Å²) in [5, 5.41) is 13.7. The molecular formula is C21H16N4O2. The molecule has 0 aliphatic heterocycles. The predicted molar refractivity (Wildman–Crippen MR) is 102 cm³/mol. The van der Waals surface area contributed by atoms with E-state index in [2.05, 4.69) is 15.5 Å². The van der Waals surface area contributed by atoms with Crippen molar-refractivity contribution >= 4 is 22.8 Å². The molecule has 132 valence electrons. The summed E-state index contributed by atoms with van der Waals surface area (Å²) in [5.41, 5.74) is 1.76. The maximum Gasteiger partial charge on any atom is 0.331 e. The molecule has 1 heterocycles. The van der Waals surface area contributed by atoms with E-state index in [1.807, 2.05) is 72.8 Å². The molecule has 27 heavy (non-hydrogen) atoms. The van der Waals surface area contributed by atoms with Gasteiger partial charge in [0.2, 0.25) is 0 Å². The summed E-state index contributed by atoms with van der Waals surface area (Å²) in [4.78, 5) is 12.1. The third-order valence-corrected chi connectivity index (χ3v) is 4.10. The minimum atomic E-state index is -0.453. The van der Waals surface area contributed by atoms with Crippen LogP contribution in [0.2, 0.25) is 0 Å². The molecule has 0 bridgehead atoms. The number of benzene rings is 3. The molecule has 0 spiro atoms. The molecule has 0 saturated carbocycles. The number of esters is 1. The molecule has 0 saturated heterocycles. The number of rotatable bonds is 5. The number of tetrazole rings is 1. The summed E-state index contributed by atoms with van der Waals surface area (Å²) in [6, 6.07) is 23.4. The topological polar surface area (TPSA) is 69.9 Å². The van der Waals surface area contributed by atoms with E-state index in [-0.39, 0.29) is 6.61 Å². The van der Waals surface area contributed by atoms with Crippen LogP contribution in [-0.4, -0.2) is 26.2 Å². The summed E-state index contributed by atoms with van der Waals surface area (Å²) < 4.78 is 6.84. The first-order valence-corrected chi connectivity index (χ1v) is 8.46. The van der Waals surface area contributed by atoms with Gasteiger partial charge in [-0.1, -0.05) is 60.7 Å². The smallest absolute Gasteiger partial charge is 0.331 e. The van der Waals surface area contributed by atoms with Gasteiger partial charge in [0.05, 0.1) is 5.69 Å². The number of nitrogens with zero attached hydrogens (tertiary/aromatic N) is 4. The third kappa shape index (κ3) is 3.74. The summed E-state index contributed by atoms with van der Waals surface area (Å²) in [7, 11) is 0. The molecule has 1 aromatic heterocycles. The van der Waals surface area contributed by atoms with Crippen molar-refractivity contribution in [3.63, 3.8) is 0 Å². The highest BCUT2D eigenvalue weighted by atomic mass is 16.5. The molecule has 0 atom stereocenters. The fraction of sp³-hybridized carbons (Fsp3) is 0.0476. The van der Waals surface area contributed by atoms with E-state index >= 15 is 0 Å². The van der Waals surface area contributed by atoms with Crippen LogP contribution in [0.5, 0.6) is 0 Å². The number of aromatic nitrogens is 4. The quantitative estimate of drug-likeness (QED) is 0.404. The highest BCUT2D eigenvalue weighted by Crippen LogP contribution is 2.19. The van der Waals surface area contributed by atoms with E-state index in [1.54, 1.807) is 10.8 Å². The highest BCUT2D eigenvalue weighted by molar-refractivity contribution is 5.94. The molecule has 0 aliphatic carbocycles. The average Bonchev–Trinajstić information content (AvgIpc) is 3.20. The number of ether oxygens (including phenoxy) is 1. The normalized spacial score (nSPS) is 11.1. The van der Waals surface area contributed by atoms with Gasteiger partial charge in [-0.15, -0.1) is 5.10 Å². The standard InChI is InChI=1S/C21H16N4O2/c26-21(14-13-17-9-6-8-16-7-4-5-12-19(16)17)27-15-20-22-23-24-25(20)18-10-2-1-3-11-18/h1-14H,15H2/b14-13+. The Bertz CT molecular complexity index is 1100. The molecule has 4 rings (SSSR count). The maximum absolute atomic E-state index is 12.1. The fourth-order valence-electron chi connectivity index (χ4n) is 2.80. The largest absolute Gasteiger partial charge is 0.454 e. The Labute approximate surface area is 155 Å². The number of hydrogen-bond donors (Lipinski definition) is 0. The minimum absolute atomic E-state index is 0.0133. The first-order chi connectivity index (χ1) is 13.3. The first kappa shape index (κ1) is 16.7. The Hall–Kier alpha value is -3.80. The fourth-order valence-corrected chi connectivity index (χ4v) is 2.80. The Kier molecular flexibility index (Phi) is 4.70. The second-order valence-electron chi connectivity index (χ2n) is 5.85. The van der Waals surface area contributed by atoms with Crippen LogP contribution in [0.15, 0.2) is 78.9 Å². The lowest BCUT2D eigenvalue weighted by molar-refractivity contribution is -0.139. The van der Waals surface area contributed by atoms with Crippen LogP contribution < -0.4 is 0 Å². The van der Waals surface area contributed by atoms with Gasteiger partial charge in [0, 0.05) is 6.08 Å². The van der Waals surface area contributed by atoms with Gasteiger partial charge in [-0.2, -0.15) is 4.68 Å². The second-order valence-corrected chi connectivity index (χ2v) is 5.85. The molecule has 0 radical (unpaired) electrons. The van der Waals surface area contributed by atoms with Crippen LogP contribution in [0.3, 0.4) is 0 Å². The Morgan fingerprint density at radius 1 is 0.963 bits per heavy atom. The van der Waals surface area contributed by atoms with Crippen molar-refractivity contribution in [3.8, 4) is 5.69 Å². The van der Waals surface area contributed by atoms with Crippen LogP contribution >= 0.6 is 0 Å². The van der Waals surface area contributed by atoms with E-state index in [4.69, 9.17) is 4.74 Å². The van der Waals surface area contributed by atoms with E-state index < -0.39 is 5.97 Å². The van der Waals surface area contributed by atoms with E-state index in [0.29, 0.717) is 5.82 Å². The van der Waals surface area contributed by atoms with Gasteiger partial charge in [-0.05, 0) is 45.0 Å². The lowest BCUT2D eigenvalue weighted by Gasteiger charge is -2.04. The van der Waals surface area contributed by atoms with Gasteiger partial charge >= 0.3 is 5.97 Å². The molecule has 6 nitrogen and oxygen atoms in total. The van der Waals surface area contributed by atoms with Gasteiger partial charge in [-0.3, -0.25) is 0 Å². The highest BCUT2D eigenvalue weighted by Gasteiger charge is 2.10. The van der Waals surface area contributed by atoms with Crippen molar-refractivity contribution in [2.45, 2.75) is 6.61 Å². The molecular weight excluding hydrogens is 340 g/mol. The van der Waals surface area contributed by atoms with Crippen molar-refractivity contribution in [2.75, 3.05) is 0 Å². The molecule has 0 unspecified atom stereocenters. The SMILES string of the molecule is O=C(/C=C/c1cccc2ccccc12)OCc1nnnn1-c1ccccc1. The van der Waals surface area contributed by atoms with Crippen molar-refractivity contribution in [1.82, 2.24) is 20.2 Å². The van der Waals surface area contributed by atoms with E-state index in [0.717, 1.165) is 22.0 Å². The molecule has 0 aliphatic rings. The van der Waals surface area contributed by atoms with Crippen LogP contribution in [0.4, 0.5) is 0 Å². The van der Waals surface area contributed by atoms with Crippen molar-refractivity contribution in [2.24, 2.45) is 0 Å². The first-order valence-electron chi connectivity index (χ1n) is 8.46. The van der Waals surface area contributed by atoms with Gasteiger partial charge in [-0.25, -0.2) is 4.79 Å². The zero-order valence-corrected chi connectivity index (χ0v) is 14.4. The zero-order valence-electron chi connectivity index (χ0n) is 14.4. The summed E-state index contributed by atoms with van der Waals surface area (Å²) >= 11 is 0. The summed E-state index contributed by atoms with van der Waals surface area (Å²) in [5.74, 6) is -0.00124. The molecule has 0 fully saturated rings. The Morgan fingerprint density at radius 3 is 2.63 bits per heavy atom. The van der Waals surface area contributed by atoms with Crippen LogP contribution in [0.1, 0.15) is 11.4 Å². The van der Waals surface area contributed by atoms with Crippen LogP contribution in [0, 0.1) is 0 Å². The predicted octanol–water partition coefficient (Wildman–Crippen LogP) is 3.57.